The SMILES string of the molecule is O=[N+]([O-])c1ccc(NNC(c2ccc(O)cc2)n2cnnn2)c([N+](=O)[O-])c1. The molecule has 0 bridgehead atoms. The molecule has 0 aliphatic rings. The predicted octanol–water partition coefficient (Wildman–Crippen LogP) is 1.36. The molecule has 13 heteroatoms. The Morgan fingerprint density at radius 3 is 2.41 bits per heavy atom. The van der Waals surface area contributed by atoms with Crippen LogP contribution in [0, 0.1) is 20.2 Å². The van der Waals surface area contributed by atoms with Crippen molar-refractivity contribution in [2.75, 3.05) is 5.43 Å². The van der Waals surface area contributed by atoms with Crippen molar-refractivity contribution in [2.24, 2.45) is 0 Å². The van der Waals surface area contributed by atoms with Crippen LogP contribution in [0.3, 0.4) is 0 Å². The summed E-state index contributed by atoms with van der Waals surface area (Å²) in [4.78, 5) is 20.6. The van der Waals surface area contributed by atoms with Gasteiger partial charge in [-0.25, -0.2) is 10.1 Å². The van der Waals surface area contributed by atoms with E-state index in [9.17, 15) is 25.3 Å². The van der Waals surface area contributed by atoms with Crippen LogP contribution in [0.5, 0.6) is 5.75 Å². The first-order valence-corrected chi connectivity index (χ1v) is 7.41. The normalized spacial score (nSPS) is 11.7. The van der Waals surface area contributed by atoms with Crippen molar-refractivity contribution in [1.29, 1.82) is 0 Å². The number of aromatic hydroxyl groups is 1. The van der Waals surface area contributed by atoms with Gasteiger partial charge in [0.15, 0.2) is 0 Å². The molecule has 3 N–H and O–H groups in total. The number of non-ortho nitro benzene ring substituents is 1. The van der Waals surface area contributed by atoms with E-state index in [0.29, 0.717) is 5.56 Å². The second-order valence-corrected chi connectivity index (χ2v) is 5.27. The summed E-state index contributed by atoms with van der Waals surface area (Å²) in [6, 6.07) is 9.36. The zero-order valence-electron chi connectivity index (χ0n) is 13.5. The summed E-state index contributed by atoms with van der Waals surface area (Å²) in [6.07, 6.45) is 0.645. The Bertz CT molecular complexity index is 960. The zero-order valence-corrected chi connectivity index (χ0v) is 13.5. The average molecular weight is 372 g/mol. The van der Waals surface area contributed by atoms with Gasteiger partial charge in [-0.15, -0.1) is 5.10 Å². The summed E-state index contributed by atoms with van der Waals surface area (Å²) >= 11 is 0. The molecule has 1 atom stereocenters. The molecule has 27 heavy (non-hydrogen) atoms. The maximum Gasteiger partial charge on any atom is 0.300 e. The van der Waals surface area contributed by atoms with E-state index in [1.165, 1.54) is 29.2 Å². The third kappa shape index (κ3) is 3.93. The summed E-state index contributed by atoms with van der Waals surface area (Å²) < 4.78 is 1.34. The number of hydrazine groups is 1. The number of nitro groups is 2. The lowest BCUT2D eigenvalue weighted by atomic mass is 10.1. The van der Waals surface area contributed by atoms with Gasteiger partial charge in [-0.2, -0.15) is 0 Å². The van der Waals surface area contributed by atoms with Crippen LogP contribution in [0.25, 0.3) is 0 Å². The van der Waals surface area contributed by atoms with E-state index in [0.717, 1.165) is 12.1 Å². The molecule has 138 valence electrons. The van der Waals surface area contributed by atoms with Gasteiger partial charge in [0, 0.05) is 6.07 Å². The lowest BCUT2D eigenvalue weighted by Gasteiger charge is -2.19. The third-order valence-electron chi connectivity index (χ3n) is 3.57. The number of hydrogen-bond donors (Lipinski definition) is 3. The lowest BCUT2D eigenvalue weighted by Crippen LogP contribution is -2.33. The molecular formula is C14H12N8O5. The Hall–Kier alpha value is -4.13. The monoisotopic (exact) mass is 372 g/mol. The largest absolute Gasteiger partial charge is 0.508 e. The van der Waals surface area contributed by atoms with E-state index in [4.69, 9.17) is 0 Å². The zero-order chi connectivity index (χ0) is 19.4. The number of phenols is 1. The molecule has 0 radical (unpaired) electrons. The van der Waals surface area contributed by atoms with Crippen molar-refractivity contribution < 1.29 is 15.0 Å². The van der Waals surface area contributed by atoms with Gasteiger partial charge in [0.2, 0.25) is 0 Å². The quantitative estimate of drug-likeness (QED) is 0.405. The van der Waals surface area contributed by atoms with Crippen molar-refractivity contribution >= 4 is 17.1 Å². The number of anilines is 1. The number of benzene rings is 2. The molecule has 0 aliphatic carbocycles. The topological polar surface area (TPSA) is 174 Å². The summed E-state index contributed by atoms with van der Waals surface area (Å²) in [6.45, 7) is 0. The van der Waals surface area contributed by atoms with E-state index < -0.39 is 27.4 Å². The molecule has 1 unspecified atom stereocenters. The Balaban J connectivity index is 1.89. The van der Waals surface area contributed by atoms with Gasteiger partial charge in [-0.05, 0) is 34.2 Å². The molecular weight excluding hydrogens is 360 g/mol. The minimum atomic E-state index is -0.733. The highest BCUT2D eigenvalue weighted by atomic mass is 16.6. The summed E-state index contributed by atoms with van der Waals surface area (Å²) in [7, 11) is 0. The second kappa shape index (κ2) is 7.40. The molecule has 0 amide bonds. The highest BCUT2D eigenvalue weighted by Crippen LogP contribution is 2.29. The summed E-state index contributed by atoms with van der Waals surface area (Å²) in [5.74, 6) is 0.0631. The average Bonchev–Trinajstić information content (AvgIpc) is 3.17. The minimum absolute atomic E-state index is 0.0162. The van der Waals surface area contributed by atoms with Crippen LogP contribution < -0.4 is 10.9 Å². The van der Waals surface area contributed by atoms with Crippen LogP contribution >= 0.6 is 0 Å². The van der Waals surface area contributed by atoms with E-state index in [2.05, 4.69) is 26.4 Å². The van der Waals surface area contributed by atoms with Gasteiger partial charge >= 0.3 is 5.69 Å². The summed E-state index contributed by atoms with van der Waals surface area (Å²) in [5.41, 5.74) is 5.28. The van der Waals surface area contributed by atoms with Gasteiger partial charge in [-0.3, -0.25) is 20.2 Å². The van der Waals surface area contributed by atoms with Crippen molar-refractivity contribution in [3.8, 4) is 5.75 Å². The molecule has 3 aromatic rings. The van der Waals surface area contributed by atoms with Crippen LogP contribution in [0.15, 0.2) is 48.8 Å². The summed E-state index contributed by atoms with van der Waals surface area (Å²) in [5, 5.41) is 42.4. The molecule has 0 saturated heterocycles. The highest BCUT2D eigenvalue weighted by molar-refractivity contribution is 5.64. The van der Waals surface area contributed by atoms with Crippen molar-refractivity contribution in [2.45, 2.75) is 6.17 Å². The maximum absolute atomic E-state index is 11.2. The molecule has 2 aromatic carbocycles. The number of rotatable bonds is 7. The lowest BCUT2D eigenvalue weighted by molar-refractivity contribution is -0.393. The smallest absolute Gasteiger partial charge is 0.300 e. The molecule has 1 aromatic heterocycles. The number of hydrogen-bond acceptors (Lipinski definition) is 10. The highest BCUT2D eigenvalue weighted by Gasteiger charge is 2.21. The van der Waals surface area contributed by atoms with E-state index >= 15 is 0 Å². The number of nitrogens with one attached hydrogen (secondary N) is 2. The predicted molar refractivity (Wildman–Crippen MR) is 90.6 cm³/mol. The van der Waals surface area contributed by atoms with E-state index in [1.807, 2.05) is 0 Å². The maximum atomic E-state index is 11.2. The first-order chi connectivity index (χ1) is 13.0. The Kier molecular flexibility index (Phi) is 4.85. The molecule has 1 heterocycles. The Labute approximate surface area is 150 Å². The standard InChI is InChI=1S/C14H12N8O5/c23-11-4-1-9(2-5-11)14(20-8-15-18-19-20)17-16-12-6-3-10(21(24)25)7-13(12)22(26)27/h1-8,14,16-17,23H. The fourth-order valence-corrected chi connectivity index (χ4v) is 2.28. The minimum Gasteiger partial charge on any atom is -0.508 e. The first kappa shape index (κ1) is 17.7. The van der Waals surface area contributed by atoms with E-state index in [-0.39, 0.29) is 11.4 Å². The van der Waals surface area contributed by atoms with Crippen molar-refractivity contribution in [3.05, 3.63) is 74.6 Å². The number of tetrazole rings is 1. The Morgan fingerprint density at radius 2 is 1.81 bits per heavy atom. The first-order valence-electron chi connectivity index (χ1n) is 7.41. The number of aromatic nitrogens is 4. The van der Waals surface area contributed by atoms with Gasteiger partial charge in [0.1, 0.15) is 23.9 Å². The number of nitrogens with zero attached hydrogens (tertiary/aromatic N) is 6. The van der Waals surface area contributed by atoms with Gasteiger partial charge < -0.3 is 10.5 Å². The van der Waals surface area contributed by atoms with Gasteiger partial charge in [-0.1, -0.05) is 12.1 Å². The second-order valence-electron chi connectivity index (χ2n) is 5.27. The van der Waals surface area contributed by atoms with Gasteiger partial charge in [0.05, 0.1) is 15.9 Å². The van der Waals surface area contributed by atoms with Crippen LogP contribution in [0.2, 0.25) is 0 Å². The molecule has 0 aliphatic heterocycles. The fraction of sp³-hybridized carbons (Fsp3) is 0.0714. The van der Waals surface area contributed by atoms with Gasteiger partial charge in [0.25, 0.3) is 5.69 Å². The van der Waals surface area contributed by atoms with E-state index in [1.54, 1.807) is 12.1 Å². The van der Waals surface area contributed by atoms with Crippen LogP contribution in [-0.2, 0) is 0 Å². The molecule has 0 saturated carbocycles. The Morgan fingerprint density at radius 1 is 1.07 bits per heavy atom. The van der Waals surface area contributed by atoms with Crippen LogP contribution in [0.1, 0.15) is 11.7 Å². The van der Waals surface area contributed by atoms with Crippen molar-refractivity contribution in [3.63, 3.8) is 0 Å². The molecule has 0 spiro atoms. The fourth-order valence-electron chi connectivity index (χ4n) is 2.28. The number of nitro benzene ring substituents is 2. The third-order valence-corrected chi connectivity index (χ3v) is 3.57. The molecule has 3 rings (SSSR count). The molecule has 13 nitrogen and oxygen atoms in total. The van der Waals surface area contributed by atoms with Crippen LogP contribution in [-0.4, -0.2) is 35.2 Å². The molecule has 0 fully saturated rings. The van der Waals surface area contributed by atoms with Crippen molar-refractivity contribution in [1.82, 2.24) is 25.6 Å². The van der Waals surface area contributed by atoms with Crippen LogP contribution in [0.4, 0.5) is 17.1 Å². The number of phenolic OH excluding ortho intramolecular Hbond substituents is 1.